The van der Waals surface area contributed by atoms with E-state index in [0.717, 1.165) is 23.9 Å². The van der Waals surface area contributed by atoms with Gasteiger partial charge in [0, 0.05) is 7.05 Å². The fourth-order valence-electron chi connectivity index (χ4n) is 2.24. The molecule has 9 heteroatoms. The molecule has 0 fully saturated rings. The van der Waals surface area contributed by atoms with Crippen molar-refractivity contribution < 1.29 is 18.0 Å². The molecule has 0 unspecified atom stereocenters. The summed E-state index contributed by atoms with van der Waals surface area (Å²) in [5.41, 5.74) is -0.213. The van der Waals surface area contributed by atoms with Gasteiger partial charge in [-0.05, 0) is 24.3 Å². The molecule has 0 spiro atoms. The highest BCUT2D eigenvalue weighted by Crippen LogP contribution is 2.25. The van der Waals surface area contributed by atoms with Gasteiger partial charge in [-0.3, -0.25) is 4.79 Å². The predicted octanol–water partition coefficient (Wildman–Crippen LogP) is 3.63. The molecule has 3 aromatic rings. The van der Waals surface area contributed by atoms with E-state index in [1.54, 1.807) is 29.8 Å². The smallest absolute Gasteiger partial charge is 0.235 e. The van der Waals surface area contributed by atoms with Gasteiger partial charge in [-0.2, -0.15) is 0 Å². The highest BCUT2D eigenvalue weighted by Gasteiger charge is 2.17. The van der Waals surface area contributed by atoms with Crippen molar-refractivity contribution in [3.05, 3.63) is 59.9 Å². The molecular formula is C17H13F3N4OS. The Bertz CT molecular complexity index is 941. The third-order valence-corrected chi connectivity index (χ3v) is 4.53. The maximum absolute atomic E-state index is 13.9. The summed E-state index contributed by atoms with van der Waals surface area (Å²) in [7, 11) is 1.64. The Balaban J connectivity index is 1.69. The Morgan fingerprint density at radius 2 is 1.69 bits per heavy atom. The highest BCUT2D eigenvalue weighted by atomic mass is 32.2. The summed E-state index contributed by atoms with van der Waals surface area (Å²) in [4.78, 5) is 11.9. The summed E-state index contributed by atoms with van der Waals surface area (Å²) in [5, 5.41) is 10.4. The number of thioether (sulfide) groups is 1. The lowest BCUT2D eigenvalue weighted by Crippen LogP contribution is -2.16. The summed E-state index contributed by atoms with van der Waals surface area (Å²) >= 11 is 1.02. The average Bonchev–Trinajstić information content (AvgIpc) is 2.97. The lowest BCUT2D eigenvalue weighted by molar-refractivity contribution is -0.113. The first-order valence-corrected chi connectivity index (χ1v) is 8.47. The Labute approximate surface area is 151 Å². The fraction of sp³-hybridized carbons (Fsp3) is 0.118. The van der Waals surface area contributed by atoms with Crippen molar-refractivity contribution in [3.8, 4) is 11.4 Å². The van der Waals surface area contributed by atoms with Crippen LogP contribution in [-0.2, 0) is 11.8 Å². The molecule has 5 nitrogen and oxygen atoms in total. The van der Waals surface area contributed by atoms with Crippen LogP contribution in [0.5, 0.6) is 0 Å². The minimum absolute atomic E-state index is 0.142. The van der Waals surface area contributed by atoms with Gasteiger partial charge in [0.2, 0.25) is 5.91 Å². The van der Waals surface area contributed by atoms with E-state index in [1.807, 2.05) is 0 Å². The topological polar surface area (TPSA) is 59.8 Å². The molecule has 1 N–H and O–H groups in total. The Kier molecular flexibility index (Phi) is 5.27. The molecular weight excluding hydrogens is 365 g/mol. The number of carbonyl (C=O) groups excluding carboxylic acids is 1. The van der Waals surface area contributed by atoms with Gasteiger partial charge in [0.1, 0.15) is 23.1 Å². The zero-order chi connectivity index (χ0) is 18.7. The maximum atomic E-state index is 13.9. The lowest BCUT2D eigenvalue weighted by Gasteiger charge is -2.07. The molecule has 0 aliphatic rings. The predicted molar refractivity (Wildman–Crippen MR) is 92.1 cm³/mol. The van der Waals surface area contributed by atoms with Gasteiger partial charge >= 0.3 is 0 Å². The number of anilines is 1. The zero-order valence-electron chi connectivity index (χ0n) is 13.5. The molecule has 0 saturated carbocycles. The lowest BCUT2D eigenvalue weighted by atomic mass is 10.2. The molecule has 1 aromatic heterocycles. The summed E-state index contributed by atoms with van der Waals surface area (Å²) in [6, 6.07) is 9.44. The van der Waals surface area contributed by atoms with Crippen molar-refractivity contribution in [2.75, 3.05) is 11.1 Å². The Morgan fingerprint density at radius 1 is 1.04 bits per heavy atom. The van der Waals surface area contributed by atoms with Crippen molar-refractivity contribution in [2.45, 2.75) is 5.16 Å². The molecule has 0 aliphatic heterocycles. The molecule has 0 saturated heterocycles. The molecule has 1 amide bonds. The third kappa shape index (κ3) is 3.72. The standard InChI is InChI=1S/C17H13F3N4OS/c1-24-16(10-5-2-3-6-11(10)18)22-23-17(24)26-9-14(25)21-15-12(19)7-4-8-13(15)20/h2-8H,9H2,1H3,(H,21,25). The molecule has 2 aromatic carbocycles. The van der Waals surface area contributed by atoms with E-state index in [9.17, 15) is 18.0 Å². The number of para-hydroxylation sites is 1. The van der Waals surface area contributed by atoms with Gasteiger partial charge in [-0.25, -0.2) is 13.2 Å². The number of hydrogen-bond donors (Lipinski definition) is 1. The number of aromatic nitrogens is 3. The van der Waals surface area contributed by atoms with Crippen LogP contribution in [0.25, 0.3) is 11.4 Å². The van der Waals surface area contributed by atoms with Crippen molar-refractivity contribution in [1.82, 2.24) is 14.8 Å². The number of nitrogens with one attached hydrogen (secondary N) is 1. The second-order valence-corrected chi connectivity index (χ2v) is 6.22. The van der Waals surface area contributed by atoms with Crippen LogP contribution in [0, 0.1) is 17.5 Å². The summed E-state index contributed by atoms with van der Waals surface area (Å²) in [6.45, 7) is 0. The van der Waals surface area contributed by atoms with Gasteiger partial charge in [0.25, 0.3) is 0 Å². The van der Waals surface area contributed by atoms with Gasteiger partial charge < -0.3 is 9.88 Å². The van der Waals surface area contributed by atoms with Crippen LogP contribution >= 0.6 is 11.8 Å². The minimum Gasteiger partial charge on any atom is -0.320 e. The van der Waals surface area contributed by atoms with Crippen LogP contribution in [0.3, 0.4) is 0 Å². The van der Waals surface area contributed by atoms with Crippen molar-refractivity contribution >= 4 is 23.4 Å². The number of nitrogens with zero attached hydrogens (tertiary/aromatic N) is 3. The quantitative estimate of drug-likeness (QED) is 0.689. The van der Waals surface area contributed by atoms with Crippen LogP contribution < -0.4 is 5.32 Å². The largest absolute Gasteiger partial charge is 0.320 e. The van der Waals surface area contributed by atoms with Gasteiger partial charge in [-0.1, -0.05) is 30.0 Å². The molecule has 0 aliphatic carbocycles. The number of halogens is 3. The first-order valence-electron chi connectivity index (χ1n) is 7.48. The second-order valence-electron chi connectivity index (χ2n) is 5.28. The highest BCUT2D eigenvalue weighted by molar-refractivity contribution is 7.99. The van der Waals surface area contributed by atoms with Crippen molar-refractivity contribution in [1.29, 1.82) is 0 Å². The van der Waals surface area contributed by atoms with Crippen LogP contribution in [0.15, 0.2) is 47.6 Å². The number of rotatable bonds is 5. The maximum Gasteiger partial charge on any atom is 0.235 e. The molecule has 26 heavy (non-hydrogen) atoms. The van der Waals surface area contributed by atoms with Gasteiger partial charge in [-0.15, -0.1) is 10.2 Å². The van der Waals surface area contributed by atoms with E-state index in [1.165, 1.54) is 12.1 Å². The molecule has 134 valence electrons. The van der Waals surface area contributed by atoms with E-state index in [2.05, 4.69) is 15.5 Å². The zero-order valence-corrected chi connectivity index (χ0v) is 14.4. The molecule has 0 atom stereocenters. The number of amides is 1. The average molecular weight is 378 g/mol. The first-order chi connectivity index (χ1) is 12.5. The van der Waals surface area contributed by atoms with Crippen molar-refractivity contribution in [3.63, 3.8) is 0 Å². The second kappa shape index (κ2) is 7.61. The van der Waals surface area contributed by atoms with E-state index < -0.39 is 29.0 Å². The Hall–Kier alpha value is -2.81. The SMILES string of the molecule is Cn1c(SCC(=O)Nc2c(F)cccc2F)nnc1-c1ccccc1F. The van der Waals surface area contributed by atoms with E-state index in [-0.39, 0.29) is 11.3 Å². The van der Waals surface area contributed by atoms with Crippen LogP contribution in [-0.4, -0.2) is 26.4 Å². The monoisotopic (exact) mass is 378 g/mol. The van der Waals surface area contributed by atoms with Crippen LogP contribution in [0.4, 0.5) is 18.9 Å². The normalized spacial score (nSPS) is 10.8. The van der Waals surface area contributed by atoms with Crippen molar-refractivity contribution in [2.24, 2.45) is 7.05 Å². The summed E-state index contributed by atoms with van der Waals surface area (Å²) in [6.07, 6.45) is 0. The van der Waals surface area contributed by atoms with Gasteiger partial charge in [0.05, 0.1) is 11.3 Å². The molecule has 3 rings (SSSR count). The van der Waals surface area contributed by atoms with Crippen LogP contribution in [0.2, 0.25) is 0 Å². The molecule has 0 radical (unpaired) electrons. The molecule has 0 bridgehead atoms. The van der Waals surface area contributed by atoms with Gasteiger partial charge in [0.15, 0.2) is 11.0 Å². The third-order valence-electron chi connectivity index (χ3n) is 3.51. The van der Waals surface area contributed by atoms with E-state index in [4.69, 9.17) is 0 Å². The molecule has 1 heterocycles. The van der Waals surface area contributed by atoms with E-state index in [0.29, 0.717) is 11.0 Å². The number of carbonyl (C=O) groups is 1. The Morgan fingerprint density at radius 3 is 2.38 bits per heavy atom. The van der Waals surface area contributed by atoms with E-state index >= 15 is 0 Å². The first kappa shape index (κ1) is 18.0. The summed E-state index contributed by atoms with van der Waals surface area (Å²) in [5.74, 6) is -2.59. The summed E-state index contributed by atoms with van der Waals surface area (Å²) < 4.78 is 42.5. The number of hydrogen-bond acceptors (Lipinski definition) is 4. The minimum atomic E-state index is -0.858. The fourth-order valence-corrected chi connectivity index (χ4v) is 2.95. The number of benzene rings is 2. The van der Waals surface area contributed by atoms with Crippen LogP contribution in [0.1, 0.15) is 0 Å².